The van der Waals surface area contributed by atoms with Gasteiger partial charge in [-0.25, -0.2) is 0 Å². The molecule has 3 aromatic rings. The molecule has 0 spiro atoms. The van der Waals surface area contributed by atoms with Gasteiger partial charge >= 0.3 is 0 Å². The van der Waals surface area contributed by atoms with Crippen LogP contribution >= 0.6 is 0 Å². The lowest BCUT2D eigenvalue weighted by Gasteiger charge is -2.45. The summed E-state index contributed by atoms with van der Waals surface area (Å²) in [5.74, 6) is 1.15. The molecule has 0 aromatic heterocycles. The van der Waals surface area contributed by atoms with Crippen LogP contribution in [0.25, 0.3) is 0 Å². The van der Waals surface area contributed by atoms with Crippen LogP contribution in [0.15, 0.2) is 66.7 Å². The maximum absolute atomic E-state index is 2.62. The van der Waals surface area contributed by atoms with Crippen LogP contribution in [0.1, 0.15) is 473 Å². The highest BCUT2D eigenvalue weighted by molar-refractivity contribution is 5.63. The first kappa shape index (κ1) is 109. The second kappa shape index (κ2) is 53.3. The van der Waals surface area contributed by atoms with Gasteiger partial charge in [0.25, 0.3) is 0 Å². The molecule has 5 fully saturated rings. The van der Waals surface area contributed by atoms with Gasteiger partial charge in [-0.15, -0.1) is 0 Å². The van der Waals surface area contributed by atoms with Crippen molar-refractivity contribution in [2.45, 2.75) is 499 Å². The molecule has 5 saturated carbocycles. The zero-order valence-electron chi connectivity index (χ0n) is 82.6. The third-order valence-electron chi connectivity index (χ3n) is 27.9. The van der Waals surface area contributed by atoms with Crippen molar-refractivity contribution < 1.29 is 0 Å². The van der Waals surface area contributed by atoms with Gasteiger partial charge in [0.05, 0.1) is 0 Å². The minimum atomic E-state index is 0.326. The molecule has 5 aliphatic rings. The van der Waals surface area contributed by atoms with E-state index in [9.17, 15) is 0 Å². The second-order valence-electron chi connectivity index (χ2n) is 42.6. The fourth-order valence-electron chi connectivity index (χ4n) is 16.4. The van der Waals surface area contributed by atoms with Crippen LogP contribution in [0.3, 0.4) is 0 Å². The minimum Gasteiger partial charge on any atom is -0.369 e. The van der Waals surface area contributed by atoms with Crippen LogP contribution in [0.4, 0.5) is 17.1 Å². The molecule has 8 rings (SSSR count). The van der Waals surface area contributed by atoms with Crippen molar-refractivity contribution in [3.05, 3.63) is 89.0 Å². The van der Waals surface area contributed by atoms with Gasteiger partial charge in [0, 0.05) is 71.9 Å². The molecule has 3 aromatic carbocycles. The average molecular weight is 1530 g/mol. The van der Waals surface area contributed by atoms with Gasteiger partial charge in [-0.2, -0.15) is 0 Å². The highest BCUT2D eigenvalue weighted by Crippen LogP contribution is 2.44. The standard InChI is InChI=1S/C20H33N.C16H25N.C14H21N.C11H23N.C9H19N.C9H20.3C7H16.C5H12/c1-15(2)17-11-10-12-18(16(3)4)19(17)21(6)20(5)13-8-7-9-14-20;1-13-9-8-10-14(2)15(13)17(4)16(3)11-6-5-7-12-16;1-14(11-7-4-8-12-14)15(2)13-9-5-3-6-10-13;1-10(2)12(4)11(3)8-6-5-7-9-11;1-9(10(2)3)7-5-4-6-8-9;1-7-9(5,6)8(2,3)4;2*1-5-6-7(2,3)4;1-5-7(3,4)6-2;1-3-5-4-2/h10-12,15-16H,7-9,13-14H2,1-6H3;8-10H,5-7,11-12H2,1-4H3;3,5-6,9-10H,4,7-8,11-12H2,1-2H3;10H,5-9H2,1-4H3;4-8H2,1-3H3;7H2,1-6H3;3*5-6H2,1-4H3;3-5H2,1-2H3. The second-order valence-corrected chi connectivity index (χ2v) is 42.6. The number of benzene rings is 3. The van der Waals surface area contributed by atoms with E-state index in [2.05, 4.69) is 362 Å². The van der Waals surface area contributed by atoms with Crippen molar-refractivity contribution in [1.29, 1.82) is 0 Å². The summed E-state index contributed by atoms with van der Waals surface area (Å²) in [5, 5.41) is 0. The smallest absolute Gasteiger partial charge is 0.0438 e. The normalized spacial score (nSPS) is 17.8. The molecule has 110 heavy (non-hydrogen) atoms. The van der Waals surface area contributed by atoms with E-state index < -0.39 is 0 Å². The lowest BCUT2D eigenvalue weighted by atomic mass is 9.68. The highest BCUT2D eigenvalue weighted by Gasteiger charge is 2.37. The summed E-state index contributed by atoms with van der Waals surface area (Å²) >= 11 is 0. The summed E-state index contributed by atoms with van der Waals surface area (Å²) in [6.45, 7) is 75.8. The van der Waals surface area contributed by atoms with E-state index in [0.29, 0.717) is 72.6 Å². The number of aryl methyl sites for hydroxylation is 2. The Morgan fingerprint density at radius 1 is 0.336 bits per heavy atom. The van der Waals surface area contributed by atoms with E-state index in [0.717, 1.165) is 0 Å². The zero-order chi connectivity index (χ0) is 85.2. The maximum atomic E-state index is 2.62. The van der Waals surface area contributed by atoms with Gasteiger partial charge in [0.1, 0.15) is 0 Å². The highest BCUT2D eigenvalue weighted by atomic mass is 15.2. The number of hydrogen-bond acceptors (Lipinski definition) is 5. The Morgan fingerprint density at radius 2 is 0.636 bits per heavy atom. The van der Waals surface area contributed by atoms with Crippen LogP contribution in [0.5, 0.6) is 0 Å². The van der Waals surface area contributed by atoms with Crippen molar-refractivity contribution in [2.75, 3.05) is 57.0 Å². The monoisotopic (exact) mass is 1530 g/mol. The lowest BCUT2D eigenvalue weighted by molar-refractivity contribution is 0.0650. The molecule has 0 aliphatic heterocycles. The molecule has 0 radical (unpaired) electrons. The van der Waals surface area contributed by atoms with Crippen molar-refractivity contribution >= 4 is 17.1 Å². The maximum Gasteiger partial charge on any atom is 0.0438 e. The number of nitrogens with zero attached hydrogens (tertiary/aromatic N) is 5. The van der Waals surface area contributed by atoms with Gasteiger partial charge in [-0.1, -0.05) is 368 Å². The molecule has 5 nitrogen and oxygen atoms in total. The Morgan fingerprint density at radius 3 is 0.855 bits per heavy atom. The molecule has 5 aliphatic carbocycles. The Kier molecular flexibility index (Phi) is 52.9. The van der Waals surface area contributed by atoms with Gasteiger partial charge in [0.15, 0.2) is 0 Å². The molecular weight excluding hydrogens is 1330 g/mol. The van der Waals surface area contributed by atoms with E-state index in [1.54, 1.807) is 0 Å². The van der Waals surface area contributed by atoms with E-state index in [-0.39, 0.29) is 0 Å². The van der Waals surface area contributed by atoms with Gasteiger partial charge in [-0.3, -0.25) is 4.90 Å². The molecule has 646 valence electrons. The number of anilines is 3. The number of para-hydroxylation sites is 3. The third kappa shape index (κ3) is 41.7. The Labute approximate surface area is 694 Å². The molecule has 0 bridgehead atoms. The molecule has 0 heterocycles. The molecule has 0 unspecified atom stereocenters. The predicted molar refractivity (Wildman–Crippen MR) is 508 cm³/mol. The van der Waals surface area contributed by atoms with Crippen molar-refractivity contribution in [2.24, 2.45) is 27.1 Å². The molecule has 0 atom stereocenters. The average Bonchev–Trinajstić information content (AvgIpc) is 0.780. The van der Waals surface area contributed by atoms with Crippen LogP contribution in [0.2, 0.25) is 0 Å². The minimum absolute atomic E-state index is 0.326. The molecule has 0 amide bonds. The Hall–Kier alpha value is -3.02. The molecular formula is C105H201N5. The first-order valence-corrected chi connectivity index (χ1v) is 46.7. The Balaban J connectivity index is 0. The number of rotatable bonds is 18. The summed E-state index contributed by atoms with van der Waals surface area (Å²) in [7, 11) is 13.5. The van der Waals surface area contributed by atoms with E-state index in [1.807, 2.05) is 0 Å². The van der Waals surface area contributed by atoms with Crippen molar-refractivity contribution in [3.63, 3.8) is 0 Å². The summed E-state index contributed by atoms with van der Waals surface area (Å²) < 4.78 is 0. The molecule has 0 N–H and O–H groups in total. The summed E-state index contributed by atoms with van der Waals surface area (Å²) in [4.78, 5) is 12.6. The largest absolute Gasteiger partial charge is 0.369 e. The fourth-order valence-corrected chi connectivity index (χ4v) is 16.4. The predicted octanol–water partition coefficient (Wildman–Crippen LogP) is 33.9. The topological polar surface area (TPSA) is 16.2 Å². The quantitative estimate of drug-likeness (QED) is 0.126. The lowest BCUT2D eigenvalue weighted by Crippen LogP contribution is -2.48. The number of unbranched alkanes of at least 4 members (excludes halogenated alkanes) is 2. The van der Waals surface area contributed by atoms with Gasteiger partial charge in [-0.05, 0) is 234 Å². The van der Waals surface area contributed by atoms with Crippen LogP contribution in [-0.4, -0.2) is 85.8 Å². The van der Waals surface area contributed by atoms with E-state index in [1.165, 1.54) is 264 Å². The third-order valence-corrected chi connectivity index (χ3v) is 27.9. The van der Waals surface area contributed by atoms with Crippen molar-refractivity contribution in [3.8, 4) is 0 Å². The zero-order valence-corrected chi connectivity index (χ0v) is 82.6. The SMILES string of the molecule is CC(C)N(C)C1(C)CCCCC1.CC(C)c1cccc(C(C)C)c1N(C)C1(C)CCCCC1.CCC(C)(C)C(C)(C)C.CCC(C)(C)CC.CCCC(C)(C)C.CCCC(C)(C)C.CCCCC.CN(C)C1(C)CCCCC1.CN(c1ccccc1)C1(C)CCCCC1.Cc1cccc(C)c1N(C)C1(C)CCCCC1. The van der Waals surface area contributed by atoms with Gasteiger partial charge in [0.2, 0.25) is 0 Å². The summed E-state index contributed by atoms with van der Waals surface area (Å²) in [6, 6.07) is 24.9. The van der Waals surface area contributed by atoms with Crippen LogP contribution < -0.4 is 14.7 Å². The van der Waals surface area contributed by atoms with Crippen molar-refractivity contribution in [1.82, 2.24) is 9.80 Å². The number of hydrogen-bond donors (Lipinski definition) is 0. The molecule has 5 heteroatoms. The van der Waals surface area contributed by atoms with Crippen LogP contribution in [0, 0.1) is 40.9 Å². The van der Waals surface area contributed by atoms with Crippen LogP contribution in [-0.2, 0) is 0 Å². The summed E-state index contributed by atoms with van der Waals surface area (Å²) in [6.07, 6.45) is 47.9. The Bertz CT molecular complexity index is 2640. The summed E-state index contributed by atoms with van der Waals surface area (Å²) in [5.41, 5.74) is 14.8. The fraction of sp³-hybridized carbons (Fsp3) is 0.829. The first-order chi connectivity index (χ1) is 50.8. The van der Waals surface area contributed by atoms with E-state index >= 15 is 0 Å². The van der Waals surface area contributed by atoms with Gasteiger partial charge < -0.3 is 19.6 Å². The molecule has 0 saturated heterocycles. The first-order valence-electron chi connectivity index (χ1n) is 46.7. The van der Waals surface area contributed by atoms with E-state index in [4.69, 9.17) is 0 Å².